The highest BCUT2D eigenvalue weighted by atomic mass is 32.1. The molecule has 0 spiro atoms. The third kappa shape index (κ3) is 6.75. The maximum atomic E-state index is 13.4. The van der Waals surface area contributed by atoms with Gasteiger partial charge in [-0.25, -0.2) is 14.8 Å². The first-order valence-electron chi connectivity index (χ1n) is 13.4. The number of piperidine rings is 1. The minimum absolute atomic E-state index is 0.0830. The molecule has 39 heavy (non-hydrogen) atoms. The van der Waals surface area contributed by atoms with Crippen molar-refractivity contribution in [2.75, 3.05) is 38.2 Å². The fourth-order valence-electron chi connectivity index (χ4n) is 4.88. The Balaban J connectivity index is 1.18. The van der Waals surface area contributed by atoms with E-state index >= 15 is 0 Å². The van der Waals surface area contributed by atoms with Crippen LogP contribution in [0.5, 0.6) is 0 Å². The van der Waals surface area contributed by atoms with Crippen LogP contribution in [0.3, 0.4) is 0 Å². The predicted octanol–water partition coefficient (Wildman–Crippen LogP) is 5.29. The van der Waals surface area contributed by atoms with Gasteiger partial charge < -0.3 is 19.7 Å². The first-order valence-corrected chi connectivity index (χ1v) is 14.2. The SMILES string of the molecule is CC(C)(C)OC(=O)N1CCOC[C@@H]1C(=O)N1CCC(c2cccc(Nc3ncc(-c4ccccc4)s3)n2)CC1. The second-order valence-electron chi connectivity index (χ2n) is 10.8. The fourth-order valence-corrected chi connectivity index (χ4v) is 5.71. The third-order valence-corrected chi connectivity index (χ3v) is 7.80. The van der Waals surface area contributed by atoms with Crippen molar-refractivity contribution in [2.24, 2.45) is 0 Å². The summed E-state index contributed by atoms with van der Waals surface area (Å²) < 4.78 is 11.1. The summed E-state index contributed by atoms with van der Waals surface area (Å²) in [5, 5.41) is 4.14. The standard InChI is InChI=1S/C29H35N5O4S/c1-29(2,3)38-28(36)34-16-17-37-19-23(34)26(35)33-14-12-20(13-15-33)22-10-7-11-25(31-22)32-27-30-18-24(39-27)21-8-5-4-6-9-21/h4-11,18,20,23H,12-17,19H2,1-3H3,(H,30,31,32)/t23-/m1/s1. The molecular formula is C29H35N5O4S. The lowest BCUT2D eigenvalue weighted by atomic mass is 9.92. The van der Waals surface area contributed by atoms with Crippen molar-refractivity contribution in [1.29, 1.82) is 0 Å². The molecule has 0 bridgehead atoms. The minimum atomic E-state index is -0.658. The molecule has 0 unspecified atom stereocenters. The predicted molar refractivity (Wildman–Crippen MR) is 151 cm³/mol. The molecule has 2 aromatic heterocycles. The molecule has 2 amide bonds. The van der Waals surface area contributed by atoms with Gasteiger partial charge in [0.25, 0.3) is 0 Å². The molecule has 4 heterocycles. The van der Waals surface area contributed by atoms with Crippen molar-refractivity contribution in [2.45, 2.75) is 51.2 Å². The first kappa shape index (κ1) is 27.1. The lowest BCUT2D eigenvalue weighted by Crippen LogP contribution is -2.58. The molecule has 5 rings (SSSR count). The average Bonchev–Trinajstić information content (AvgIpc) is 3.41. The molecule has 0 radical (unpaired) electrons. The largest absolute Gasteiger partial charge is 0.444 e. The van der Waals surface area contributed by atoms with Crippen LogP contribution in [0.1, 0.15) is 45.2 Å². The van der Waals surface area contributed by atoms with Gasteiger partial charge in [-0.15, -0.1) is 0 Å². The van der Waals surface area contributed by atoms with Gasteiger partial charge in [0.2, 0.25) is 5.91 Å². The zero-order valence-corrected chi connectivity index (χ0v) is 23.4. The number of ether oxygens (including phenoxy) is 2. The van der Waals surface area contributed by atoms with Crippen LogP contribution in [0.15, 0.2) is 54.7 Å². The number of anilines is 2. The Hall–Kier alpha value is -3.50. The number of likely N-dealkylation sites (tertiary alicyclic amines) is 1. The molecule has 1 N–H and O–H groups in total. The van der Waals surface area contributed by atoms with E-state index in [2.05, 4.69) is 22.4 Å². The molecular weight excluding hydrogens is 514 g/mol. The lowest BCUT2D eigenvalue weighted by Gasteiger charge is -2.40. The van der Waals surface area contributed by atoms with Crippen molar-refractivity contribution in [3.63, 3.8) is 0 Å². The van der Waals surface area contributed by atoms with E-state index in [1.165, 1.54) is 4.90 Å². The number of hydrogen-bond acceptors (Lipinski definition) is 8. The number of hydrogen-bond donors (Lipinski definition) is 1. The Morgan fingerprint density at radius 2 is 1.82 bits per heavy atom. The number of nitrogens with zero attached hydrogens (tertiary/aromatic N) is 4. The number of carbonyl (C=O) groups is 2. The topological polar surface area (TPSA) is 96.9 Å². The highest BCUT2D eigenvalue weighted by Gasteiger charge is 2.38. The van der Waals surface area contributed by atoms with Crippen molar-refractivity contribution in [3.05, 3.63) is 60.4 Å². The molecule has 2 aliphatic rings. The highest BCUT2D eigenvalue weighted by Crippen LogP contribution is 2.32. The van der Waals surface area contributed by atoms with Crippen LogP contribution < -0.4 is 5.32 Å². The highest BCUT2D eigenvalue weighted by molar-refractivity contribution is 7.18. The van der Waals surface area contributed by atoms with E-state index in [-0.39, 0.29) is 18.4 Å². The first-order chi connectivity index (χ1) is 18.8. The van der Waals surface area contributed by atoms with E-state index in [0.29, 0.717) is 26.2 Å². The summed E-state index contributed by atoms with van der Waals surface area (Å²) in [5.41, 5.74) is 1.52. The summed E-state index contributed by atoms with van der Waals surface area (Å²) in [6.07, 6.45) is 3.01. The molecule has 1 atom stereocenters. The van der Waals surface area contributed by atoms with E-state index in [9.17, 15) is 9.59 Å². The Kier molecular flexibility index (Phi) is 8.13. The number of nitrogens with one attached hydrogen (secondary N) is 1. The molecule has 206 valence electrons. The summed E-state index contributed by atoms with van der Waals surface area (Å²) in [4.78, 5) is 40.0. The van der Waals surface area contributed by atoms with E-state index in [4.69, 9.17) is 14.5 Å². The summed E-state index contributed by atoms with van der Waals surface area (Å²) in [6, 6.07) is 15.5. The van der Waals surface area contributed by atoms with Gasteiger partial charge >= 0.3 is 6.09 Å². The van der Waals surface area contributed by atoms with E-state index in [1.807, 2.05) is 68.3 Å². The van der Waals surface area contributed by atoms with Crippen LogP contribution in [0, 0.1) is 0 Å². The maximum Gasteiger partial charge on any atom is 0.411 e. The van der Waals surface area contributed by atoms with E-state index in [0.717, 1.165) is 39.9 Å². The molecule has 2 aliphatic heterocycles. The number of amides is 2. The second-order valence-corrected chi connectivity index (χ2v) is 11.9. The van der Waals surface area contributed by atoms with Crippen LogP contribution >= 0.6 is 11.3 Å². The van der Waals surface area contributed by atoms with Crippen LogP contribution in [0.4, 0.5) is 15.7 Å². The molecule has 1 aromatic carbocycles. The normalized spacial score (nSPS) is 18.6. The minimum Gasteiger partial charge on any atom is -0.444 e. The smallest absolute Gasteiger partial charge is 0.411 e. The maximum absolute atomic E-state index is 13.4. The van der Waals surface area contributed by atoms with Crippen LogP contribution in [0.25, 0.3) is 10.4 Å². The summed E-state index contributed by atoms with van der Waals surface area (Å²) in [6.45, 7) is 7.62. The average molecular weight is 550 g/mol. The Morgan fingerprint density at radius 1 is 1.05 bits per heavy atom. The summed E-state index contributed by atoms with van der Waals surface area (Å²) >= 11 is 1.59. The van der Waals surface area contributed by atoms with Crippen molar-refractivity contribution < 1.29 is 19.1 Å². The number of aromatic nitrogens is 2. The molecule has 2 fully saturated rings. The zero-order chi connectivity index (χ0) is 27.4. The Bertz CT molecular complexity index is 1280. The van der Waals surface area contributed by atoms with E-state index < -0.39 is 17.7 Å². The molecule has 3 aromatic rings. The second kappa shape index (κ2) is 11.7. The van der Waals surface area contributed by atoms with Crippen LogP contribution in [-0.2, 0) is 14.3 Å². The number of morpholine rings is 1. The lowest BCUT2D eigenvalue weighted by molar-refractivity contribution is -0.143. The Labute approximate surface area is 233 Å². The van der Waals surface area contributed by atoms with Gasteiger partial charge in [0.1, 0.15) is 17.5 Å². The van der Waals surface area contributed by atoms with Gasteiger partial charge in [0.05, 0.1) is 18.1 Å². The third-order valence-electron chi connectivity index (χ3n) is 6.84. The van der Waals surface area contributed by atoms with E-state index in [1.54, 1.807) is 11.3 Å². The zero-order valence-electron chi connectivity index (χ0n) is 22.6. The Morgan fingerprint density at radius 3 is 2.56 bits per heavy atom. The van der Waals surface area contributed by atoms with Crippen molar-refractivity contribution >= 4 is 34.3 Å². The molecule has 2 saturated heterocycles. The van der Waals surface area contributed by atoms with Gasteiger partial charge in [0, 0.05) is 37.4 Å². The number of pyridine rings is 1. The number of benzene rings is 1. The molecule has 0 aliphatic carbocycles. The number of rotatable bonds is 5. The van der Waals surface area contributed by atoms with Crippen molar-refractivity contribution in [1.82, 2.24) is 19.8 Å². The molecule has 10 heteroatoms. The van der Waals surface area contributed by atoms with Gasteiger partial charge in [0.15, 0.2) is 5.13 Å². The monoisotopic (exact) mass is 549 g/mol. The molecule has 9 nitrogen and oxygen atoms in total. The van der Waals surface area contributed by atoms with Gasteiger partial charge in [-0.2, -0.15) is 0 Å². The van der Waals surface area contributed by atoms with Crippen LogP contribution in [-0.4, -0.2) is 76.3 Å². The summed E-state index contributed by atoms with van der Waals surface area (Å²) in [5.74, 6) is 0.921. The number of thiazole rings is 1. The van der Waals surface area contributed by atoms with Crippen LogP contribution in [0.2, 0.25) is 0 Å². The van der Waals surface area contributed by atoms with Crippen molar-refractivity contribution in [3.8, 4) is 10.4 Å². The van der Waals surface area contributed by atoms with Gasteiger partial charge in [-0.3, -0.25) is 9.69 Å². The summed E-state index contributed by atoms with van der Waals surface area (Å²) in [7, 11) is 0. The fraction of sp³-hybridized carbons (Fsp3) is 0.448. The number of carbonyl (C=O) groups excluding carboxylic acids is 2. The molecule has 0 saturated carbocycles. The van der Waals surface area contributed by atoms with Gasteiger partial charge in [-0.1, -0.05) is 47.7 Å². The van der Waals surface area contributed by atoms with Gasteiger partial charge in [-0.05, 0) is 51.3 Å². The quantitative estimate of drug-likeness (QED) is 0.462.